The smallest absolute Gasteiger partial charge is 0.115 e. The highest BCUT2D eigenvalue weighted by molar-refractivity contribution is 14.1. The van der Waals surface area contributed by atoms with Gasteiger partial charge in [0.1, 0.15) is 11.2 Å². The molecular weight excluding hydrogens is 395 g/mol. The molecule has 0 radical (unpaired) electrons. The Bertz CT molecular complexity index is 550. The Morgan fingerprint density at radius 1 is 0.739 bits per heavy atom. The number of azo groups is 1. The number of benzene rings is 1. The van der Waals surface area contributed by atoms with Gasteiger partial charge in [-0.05, 0) is 35.4 Å². The van der Waals surface area contributed by atoms with Crippen molar-refractivity contribution in [3.8, 4) is 0 Å². The van der Waals surface area contributed by atoms with Crippen molar-refractivity contribution in [1.29, 1.82) is 0 Å². The molecule has 2 nitrogen and oxygen atoms in total. The van der Waals surface area contributed by atoms with E-state index in [0.29, 0.717) is 0 Å². The molecule has 2 aliphatic rings. The van der Waals surface area contributed by atoms with E-state index in [-0.39, 0.29) is 5.54 Å². The van der Waals surface area contributed by atoms with Crippen LogP contribution >= 0.6 is 22.6 Å². The maximum Gasteiger partial charge on any atom is 0.115 e. The zero-order valence-corrected chi connectivity index (χ0v) is 16.1. The Morgan fingerprint density at radius 2 is 1.26 bits per heavy atom. The first kappa shape index (κ1) is 17.1. The van der Waals surface area contributed by atoms with Gasteiger partial charge in [-0.2, -0.15) is 10.2 Å². The molecular formula is C20H27IN2. The third-order valence-electron chi connectivity index (χ3n) is 5.19. The molecule has 1 aromatic rings. The standard InChI is InChI=1S/C20H27IN2/c21-19-18(17-13-9-8-10-14-17)22-23-20(19)15-11-6-4-2-1-3-5-7-12-16-20/h8-10,13-14H,1-7,11-12,15-16H2. The van der Waals surface area contributed by atoms with Crippen LogP contribution in [0.1, 0.15) is 76.2 Å². The molecule has 1 aliphatic heterocycles. The maximum absolute atomic E-state index is 4.84. The Morgan fingerprint density at radius 3 is 1.83 bits per heavy atom. The van der Waals surface area contributed by atoms with Crippen LogP contribution in [0.2, 0.25) is 0 Å². The van der Waals surface area contributed by atoms with Crippen molar-refractivity contribution in [2.75, 3.05) is 0 Å². The minimum absolute atomic E-state index is 0.0229. The molecule has 0 bridgehead atoms. The molecule has 124 valence electrons. The zero-order valence-electron chi connectivity index (χ0n) is 13.9. The highest BCUT2D eigenvalue weighted by atomic mass is 127. The largest absolute Gasteiger partial charge is 0.176 e. The van der Waals surface area contributed by atoms with Crippen molar-refractivity contribution < 1.29 is 0 Å². The second-order valence-corrected chi connectivity index (χ2v) is 8.02. The summed E-state index contributed by atoms with van der Waals surface area (Å²) in [6.45, 7) is 0. The molecule has 1 aliphatic carbocycles. The monoisotopic (exact) mass is 422 g/mol. The van der Waals surface area contributed by atoms with Gasteiger partial charge in [0.15, 0.2) is 0 Å². The van der Waals surface area contributed by atoms with Crippen LogP contribution in [-0.4, -0.2) is 5.54 Å². The van der Waals surface area contributed by atoms with Crippen molar-refractivity contribution in [1.82, 2.24) is 0 Å². The summed E-state index contributed by atoms with van der Waals surface area (Å²) in [4.78, 5) is 0. The summed E-state index contributed by atoms with van der Waals surface area (Å²) < 4.78 is 1.37. The minimum Gasteiger partial charge on any atom is -0.176 e. The molecule has 0 N–H and O–H groups in total. The molecule has 3 heteroatoms. The van der Waals surface area contributed by atoms with Crippen molar-refractivity contribution in [2.45, 2.75) is 76.2 Å². The fourth-order valence-electron chi connectivity index (χ4n) is 3.75. The number of rotatable bonds is 1. The van der Waals surface area contributed by atoms with Crippen LogP contribution in [0.15, 0.2) is 44.1 Å². The fraction of sp³-hybridized carbons (Fsp3) is 0.600. The topological polar surface area (TPSA) is 24.7 Å². The Hall–Kier alpha value is -0.710. The summed E-state index contributed by atoms with van der Waals surface area (Å²) in [5, 5.41) is 9.47. The van der Waals surface area contributed by atoms with Crippen LogP contribution < -0.4 is 0 Å². The van der Waals surface area contributed by atoms with Gasteiger partial charge in [-0.15, -0.1) is 0 Å². The van der Waals surface area contributed by atoms with E-state index in [1.807, 2.05) is 0 Å². The van der Waals surface area contributed by atoms with Gasteiger partial charge in [-0.25, -0.2) is 0 Å². The summed E-state index contributed by atoms with van der Waals surface area (Å²) in [5.74, 6) is 0. The SMILES string of the molecule is IC1=C(c2ccccc2)N=NC12CCCCCCCCCCC2. The zero-order chi connectivity index (χ0) is 16.0. The minimum atomic E-state index is -0.0229. The van der Waals surface area contributed by atoms with E-state index in [4.69, 9.17) is 5.11 Å². The molecule has 1 saturated carbocycles. The normalized spacial score (nSPS) is 22.8. The average molecular weight is 422 g/mol. The summed E-state index contributed by atoms with van der Waals surface area (Å²) >= 11 is 2.53. The number of hydrogen-bond acceptors (Lipinski definition) is 2. The van der Waals surface area contributed by atoms with E-state index in [2.05, 4.69) is 58.0 Å². The van der Waals surface area contributed by atoms with Crippen LogP contribution in [0.5, 0.6) is 0 Å². The molecule has 3 rings (SSSR count). The third kappa shape index (κ3) is 4.23. The van der Waals surface area contributed by atoms with Crippen LogP contribution in [-0.2, 0) is 0 Å². The summed E-state index contributed by atoms with van der Waals surface area (Å²) in [7, 11) is 0. The Kier molecular flexibility index (Phi) is 6.26. The van der Waals surface area contributed by atoms with Gasteiger partial charge < -0.3 is 0 Å². The number of nitrogens with zero attached hydrogens (tertiary/aromatic N) is 2. The van der Waals surface area contributed by atoms with Gasteiger partial charge in [0.2, 0.25) is 0 Å². The third-order valence-corrected chi connectivity index (χ3v) is 6.70. The van der Waals surface area contributed by atoms with E-state index in [0.717, 1.165) is 5.70 Å². The first-order valence-electron chi connectivity index (χ1n) is 9.20. The van der Waals surface area contributed by atoms with Gasteiger partial charge in [0.05, 0.1) is 0 Å². The molecule has 23 heavy (non-hydrogen) atoms. The summed E-state index contributed by atoms with van der Waals surface area (Å²) in [6, 6.07) is 10.6. The molecule has 1 aromatic carbocycles. The number of hydrogen-bond donors (Lipinski definition) is 0. The van der Waals surface area contributed by atoms with E-state index in [1.54, 1.807) is 0 Å². The highest BCUT2D eigenvalue weighted by Gasteiger charge is 2.38. The lowest BCUT2D eigenvalue weighted by Gasteiger charge is -2.26. The lowest BCUT2D eigenvalue weighted by molar-refractivity contribution is 0.391. The number of halogens is 1. The van der Waals surface area contributed by atoms with Crippen molar-refractivity contribution in [3.63, 3.8) is 0 Å². The quantitative estimate of drug-likeness (QED) is 0.424. The van der Waals surface area contributed by atoms with Gasteiger partial charge in [-0.3, -0.25) is 0 Å². The lowest BCUT2D eigenvalue weighted by atomic mass is 9.85. The molecule has 0 amide bonds. The van der Waals surface area contributed by atoms with Crippen molar-refractivity contribution in [3.05, 3.63) is 39.5 Å². The molecule has 1 spiro atoms. The second-order valence-electron chi connectivity index (χ2n) is 6.94. The molecule has 0 atom stereocenters. The van der Waals surface area contributed by atoms with Gasteiger partial charge in [0, 0.05) is 9.14 Å². The summed E-state index contributed by atoms with van der Waals surface area (Å²) in [5.41, 5.74) is 2.30. The molecule has 0 saturated heterocycles. The second kappa shape index (κ2) is 8.41. The summed E-state index contributed by atoms with van der Waals surface area (Å²) in [6.07, 6.45) is 14.6. The van der Waals surface area contributed by atoms with E-state index in [9.17, 15) is 0 Å². The first-order chi connectivity index (χ1) is 11.3. The van der Waals surface area contributed by atoms with Crippen LogP contribution in [0.25, 0.3) is 5.70 Å². The van der Waals surface area contributed by atoms with Crippen molar-refractivity contribution >= 4 is 28.3 Å². The molecule has 1 heterocycles. The average Bonchev–Trinajstić information content (AvgIpc) is 2.89. The predicted molar refractivity (Wildman–Crippen MR) is 106 cm³/mol. The lowest BCUT2D eigenvalue weighted by Crippen LogP contribution is -2.25. The van der Waals surface area contributed by atoms with Gasteiger partial charge in [-0.1, -0.05) is 88.1 Å². The van der Waals surface area contributed by atoms with Crippen molar-refractivity contribution in [2.24, 2.45) is 10.2 Å². The van der Waals surface area contributed by atoms with Crippen LogP contribution in [0, 0.1) is 0 Å². The fourth-order valence-corrected chi connectivity index (χ4v) is 4.82. The first-order valence-corrected chi connectivity index (χ1v) is 10.3. The molecule has 0 aromatic heterocycles. The Balaban J connectivity index is 1.79. The van der Waals surface area contributed by atoms with Crippen LogP contribution in [0.3, 0.4) is 0 Å². The Labute approximate surface area is 154 Å². The van der Waals surface area contributed by atoms with E-state index < -0.39 is 0 Å². The highest BCUT2D eigenvalue weighted by Crippen LogP contribution is 2.47. The van der Waals surface area contributed by atoms with E-state index in [1.165, 1.54) is 79.8 Å². The van der Waals surface area contributed by atoms with Gasteiger partial charge in [0.25, 0.3) is 0 Å². The predicted octanol–water partition coefficient (Wildman–Crippen LogP) is 7.30. The van der Waals surface area contributed by atoms with E-state index >= 15 is 0 Å². The maximum atomic E-state index is 4.84. The molecule has 1 fully saturated rings. The molecule has 0 unspecified atom stereocenters. The van der Waals surface area contributed by atoms with Gasteiger partial charge >= 0.3 is 0 Å². The van der Waals surface area contributed by atoms with Crippen LogP contribution in [0.4, 0.5) is 0 Å².